The summed E-state index contributed by atoms with van der Waals surface area (Å²) in [6, 6.07) is 6.43. The number of ether oxygens (including phenoxy) is 1. The Morgan fingerprint density at radius 2 is 1.85 bits per heavy atom. The molecule has 2 aromatic carbocycles. The highest BCUT2D eigenvalue weighted by molar-refractivity contribution is 6.31. The van der Waals surface area contributed by atoms with E-state index >= 15 is 0 Å². The Kier molecular flexibility index (Phi) is 6.68. The number of amides is 2. The molecule has 0 spiro atoms. The lowest BCUT2D eigenvalue weighted by atomic mass is 10.2. The summed E-state index contributed by atoms with van der Waals surface area (Å²) in [7, 11) is 0. The molecule has 1 atom stereocenters. The molecule has 144 valence electrons. The van der Waals surface area contributed by atoms with E-state index in [0.717, 1.165) is 11.6 Å². The average Bonchev–Trinajstić information content (AvgIpc) is 2.63. The molecule has 2 rings (SSSR count). The van der Waals surface area contributed by atoms with E-state index in [2.05, 4.69) is 5.32 Å². The number of carbonyl (C=O) groups is 2. The van der Waals surface area contributed by atoms with Gasteiger partial charge >= 0.3 is 0 Å². The number of aryl methyl sites for hydroxylation is 1. The van der Waals surface area contributed by atoms with Gasteiger partial charge in [0.1, 0.15) is 5.75 Å². The molecule has 0 aliphatic rings. The first kappa shape index (κ1) is 20.6. The maximum Gasteiger partial charge on any atom is 0.261 e. The minimum atomic E-state index is -1.70. The molecule has 0 saturated carbocycles. The van der Waals surface area contributed by atoms with Crippen molar-refractivity contribution in [2.24, 2.45) is 0 Å². The van der Waals surface area contributed by atoms with Crippen LogP contribution in [-0.2, 0) is 9.59 Å². The predicted octanol–water partition coefficient (Wildman–Crippen LogP) is 3.59. The first-order chi connectivity index (χ1) is 12.7. The lowest BCUT2D eigenvalue weighted by Crippen LogP contribution is -2.40. The number of benzene rings is 2. The van der Waals surface area contributed by atoms with Crippen LogP contribution in [0.5, 0.6) is 5.75 Å². The van der Waals surface area contributed by atoms with E-state index in [0.29, 0.717) is 16.8 Å². The van der Waals surface area contributed by atoms with Crippen molar-refractivity contribution in [3.8, 4) is 5.75 Å². The number of hydrogen-bond donors (Lipinski definition) is 2. The van der Waals surface area contributed by atoms with Crippen molar-refractivity contribution >= 4 is 29.1 Å². The Morgan fingerprint density at radius 3 is 2.52 bits per heavy atom. The Labute approximate surface area is 158 Å². The first-order valence-electron chi connectivity index (χ1n) is 7.83. The molecule has 0 radical (unpaired) electrons. The van der Waals surface area contributed by atoms with Crippen LogP contribution in [-0.4, -0.2) is 24.5 Å². The van der Waals surface area contributed by atoms with E-state index in [1.165, 1.54) is 6.92 Å². The van der Waals surface area contributed by atoms with Gasteiger partial charge in [-0.1, -0.05) is 11.6 Å². The SMILES string of the molecule is Cc1cc(OC(C)C(=O)NCC(=O)Nc2ccc(F)c(F)c2F)ccc1Cl. The molecule has 9 heteroatoms. The molecule has 0 heterocycles. The molecule has 27 heavy (non-hydrogen) atoms. The Bertz CT molecular complexity index is 877. The normalized spacial score (nSPS) is 11.6. The predicted molar refractivity (Wildman–Crippen MR) is 94.2 cm³/mol. The summed E-state index contributed by atoms with van der Waals surface area (Å²) in [5.74, 6) is -5.58. The van der Waals surface area contributed by atoms with Crippen molar-refractivity contribution in [3.05, 3.63) is 58.4 Å². The molecule has 0 aliphatic heterocycles. The summed E-state index contributed by atoms with van der Waals surface area (Å²) in [4.78, 5) is 23.8. The fraction of sp³-hybridized carbons (Fsp3) is 0.222. The van der Waals surface area contributed by atoms with Gasteiger partial charge < -0.3 is 15.4 Å². The van der Waals surface area contributed by atoms with Gasteiger partial charge in [0.15, 0.2) is 23.6 Å². The number of rotatable bonds is 6. The van der Waals surface area contributed by atoms with E-state index in [1.54, 1.807) is 25.1 Å². The molecular formula is C18H16ClF3N2O3. The van der Waals surface area contributed by atoms with Gasteiger partial charge in [-0.25, -0.2) is 13.2 Å². The van der Waals surface area contributed by atoms with E-state index < -0.39 is 47.6 Å². The van der Waals surface area contributed by atoms with E-state index in [1.807, 2.05) is 5.32 Å². The van der Waals surface area contributed by atoms with Gasteiger partial charge in [-0.05, 0) is 49.7 Å². The van der Waals surface area contributed by atoms with Crippen LogP contribution in [0.4, 0.5) is 18.9 Å². The standard InChI is InChI=1S/C18H16ClF3N2O3/c1-9-7-11(3-4-12(9)19)27-10(2)18(26)23-8-15(25)24-14-6-5-13(20)16(21)17(14)22/h3-7,10H,8H2,1-2H3,(H,23,26)(H,24,25). The Balaban J connectivity index is 1.88. The summed E-state index contributed by atoms with van der Waals surface area (Å²) in [6.07, 6.45) is -0.918. The van der Waals surface area contributed by atoms with Crippen LogP contribution in [0.1, 0.15) is 12.5 Å². The van der Waals surface area contributed by atoms with Crippen molar-refractivity contribution in [3.63, 3.8) is 0 Å². The topological polar surface area (TPSA) is 67.4 Å². The van der Waals surface area contributed by atoms with Crippen LogP contribution in [0.15, 0.2) is 30.3 Å². The molecule has 2 N–H and O–H groups in total. The van der Waals surface area contributed by atoms with Crippen LogP contribution in [0.3, 0.4) is 0 Å². The van der Waals surface area contributed by atoms with Crippen LogP contribution < -0.4 is 15.4 Å². The zero-order valence-electron chi connectivity index (χ0n) is 14.4. The quantitative estimate of drug-likeness (QED) is 0.728. The maximum absolute atomic E-state index is 13.5. The minimum absolute atomic E-state index is 0.424. The molecule has 0 fully saturated rings. The van der Waals surface area contributed by atoms with Crippen LogP contribution in [0, 0.1) is 24.4 Å². The number of anilines is 1. The first-order valence-corrected chi connectivity index (χ1v) is 8.20. The van der Waals surface area contributed by atoms with Crippen molar-refractivity contribution in [2.75, 3.05) is 11.9 Å². The van der Waals surface area contributed by atoms with Crippen molar-refractivity contribution in [1.82, 2.24) is 5.32 Å². The highest BCUT2D eigenvalue weighted by Gasteiger charge is 2.18. The molecule has 0 aromatic heterocycles. The van der Waals surface area contributed by atoms with Crippen molar-refractivity contribution < 1.29 is 27.5 Å². The average molecular weight is 401 g/mol. The van der Waals surface area contributed by atoms with E-state index in [4.69, 9.17) is 16.3 Å². The highest BCUT2D eigenvalue weighted by atomic mass is 35.5. The van der Waals surface area contributed by atoms with Gasteiger partial charge in [-0.3, -0.25) is 9.59 Å². The molecule has 5 nitrogen and oxygen atoms in total. The van der Waals surface area contributed by atoms with Gasteiger partial charge in [0, 0.05) is 5.02 Å². The third-order valence-corrected chi connectivity index (χ3v) is 3.97. The summed E-state index contributed by atoms with van der Waals surface area (Å²) >= 11 is 5.91. The molecular weight excluding hydrogens is 385 g/mol. The Morgan fingerprint density at radius 1 is 1.15 bits per heavy atom. The minimum Gasteiger partial charge on any atom is -0.481 e. The zero-order valence-corrected chi connectivity index (χ0v) is 15.2. The summed E-state index contributed by atoms with van der Waals surface area (Å²) < 4.78 is 44.9. The highest BCUT2D eigenvalue weighted by Crippen LogP contribution is 2.22. The number of carbonyl (C=O) groups excluding carboxylic acids is 2. The second-order valence-corrected chi connectivity index (χ2v) is 6.07. The zero-order chi connectivity index (χ0) is 20.1. The fourth-order valence-electron chi connectivity index (χ4n) is 2.08. The Hall–Kier alpha value is -2.74. The second kappa shape index (κ2) is 8.77. The number of halogens is 4. The third kappa shape index (κ3) is 5.37. The summed E-state index contributed by atoms with van der Waals surface area (Å²) in [6.45, 7) is 2.75. The van der Waals surface area contributed by atoms with Gasteiger partial charge in [-0.2, -0.15) is 0 Å². The summed E-state index contributed by atoms with van der Waals surface area (Å²) in [5, 5.41) is 4.90. The van der Waals surface area contributed by atoms with E-state index in [9.17, 15) is 22.8 Å². The van der Waals surface area contributed by atoms with Gasteiger partial charge in [0.2, 0.25) is 5.91 Å². The maximum atomic E-state index is 13.5. The molecule has 0 aliphatic carbocycles. The largest absolute Gasteiger partial charge is 0.481 e. The van der Waals surface area contributed by atoms with Crippen molar-refractivity contribution in [1.29, 1.82) is 0 Å². The molecule has 0 bridgehead atoms. The number of nitrogens with one attached hydrogen (secondary N) is 2. The van der Waals surface area contributed by atoms with Crippen LogP contribution in [0.2, 0.25) is 5.02 Å². The van der Waals surface area contributed by atoms with E-state index in [-0.39, 0.29) is 0 Å². The van der Waals surface area contributed by atoms with Gasteiger partial charge in [0.05, 0.1) is 12.2 Å². The monoisotopic (exact) mass is 400 g/mol. The lowest BCUT2D eigenvalue weighted by molar-refractivity contribution is -0.129. The summed E-state index contributed by atoms with van der Waals surface area (Å²) in [5.41, 5.74) is 0.240. The van der Waals surface area contributed by atoms with Gasteiger partial charge in [0.25, 0.3) is 5.91 Å². The lowest BCUT2D eigenvalue weighted by Gasteiger charge is -2.15. The number of hydrogen-bond acceptors (Lipinski definition) is 3. The fourth-order valence-corrected chi connectivity index (χ4v) is 2.19. The van der Waals surface area contributed by atoms with Crippen LogP contribution in [0.25, 0.3) is 0 Å². The molecule has 1 unspecified atom stereocenters. The molecule has 2 amide bonds. The third-order valence-electron chi connectivity index (χ3n) is 3.54. The second-order valence-electron chi connectivity index (χ2n) is 5.66. The smallest absolute Gasteiger partial charge is 0.261 e. The molecule has 2 aromatic rings. The van der Waals surface area contributed by atoms with Crippen LogP contribution >= 0.6 is 11.6 Å². The van der Waals surface area contributed by atoms with Crippen molar-refractivity contribution in [2.45, 2.75) is 20.0 Å². The molecule has 0 saturated heterocycles. The van der Waals surface area contributed by atoms with Gasteiger partial charge in [-0.15, -0.1) is 0 Å².